The van der Waals surface area contributed by atoms with Gasteiger partial charge in [-0.15, -0.1) is 0 Å². The maximum absolute atomic E-state index is 12.4. The molecule has 4 N–H and O–H groups in total. The first kappa shape index (κ1) is 19.2. The van der Waals surface area contributed by atoms with Crippen LogP contribution < -0.4 is 21.1 Å². The fraction of sp³-hybridized carbons (Fsp3) is 0.579. The molecule has 1 saturated carbocycles. The quantitative estimate of drug-likeness (QED) is 0.673. The molecule has 1 aromatic carbocycles. The van der Waals surface area contributed by atoms with Gasteiger partial charge >= 0.3 is 0 Å². The van der Waals surface area contributed by atoms with Gasteiger partial charge in [0.1, 0.15) is 5.75 Å². The summed E-state index contributed by atoms with van der Waals surface area (Å²) >= 11 is 0. The van der Waals surface area contributed by atoms with Crippen molar-refractivity contribution in [2.24, 2.45) is 11.1 Å². The Labute approximate surface area is 149 Å². The van der Waals surface area contributed by atoms with E-state index in [2.05, 4.69) is 10.6 Å². The van der Waals surface area contributed by atoms with E-state index < -0.39 is 0 Å². The first-order chi connectivity index (χ1) is 12.1. The van der Waals surface area contributed by atoms with E-state index in [1.165, 1.54) is 6.42 Å². The smallest absolute Gasteiger partial charge is 0.257 e. The summed E-state index contributed by atoms with van der Waals surface area (Å²) in [5, 5.41) is 5.60. The Kier molecular flexibility index (Phi) is 7.25. The number of anilines is 1. The molecule has 2 rings (SSSR count). The number of nitrogens with one attached hydrogen (secondary N) is 2. The van der Waals surface area contributed by atoms with Crippen molar-refractivity contribution in [1.29, 1.82) is 0 Å². The van der Waals surface area contributed by atoms with Crippen LogP contribution in [0.1, 0.15) is 45.4 Å². The lowest BCUT2D eigenvalue weighted by atomic mass is 9.71. The van der Waals surface area contributed by atoms with Crippen LogP contribution in [0, 0.1) is 5.41 Å². The predicted octanol–water partition coefficient (Wildman–Crippen LogP) is 2.44. The van der Waals surface area contributed by atoms with Crippen molar-refractivity contribution in [2.45, 2.75) is 45.4 Å². The number of hydrogen-bond acceptors (Lipinski definition) is 4. The van der Waals surface area contributed by atoms with Crippen molar-refractivity contribution >= 4 is 17.5 Å². The first-order valence-corrected chi connectivity index (χ1v) is 9.06. The molecule has 1 fully saturated rings. The van der Waals surface area contributed by atoms with Gasteiger partial charge in [0.2, 0.25) is 5.91 Å². The SMILES string of the molecule is CCNC(=O)COc1ccc(NC(=O)CC2(CN)CCCCC2)cc1. The van der Waals surface area contributed by atoms with Crippen LogP contribution in [0.15, 0.2) is 24.3 Å². The zero-order valence-corrected chi connectivity index (χ0v) is 15.0. The van der Waals surface area contributed by atoms with Crippen LogP contribution in [-0.2, 0) is 9.59 Å². The van der Waals surface area contributed by atoms with E-state index in [0.29, 0.717) is 25.3 Å². The molecule has 1 aliphatic rings. The summed E-state index contributed by atoms with van der Waals surface area (Å²) in [6, 6.07) is 7.05. The number of nitrogens with two attached hydrogens (primary N) is 1. The number of amides is 2. The van der Waals surface area contributed by atoms with Crippen LogP contribution in [0.4, 0.5) is 5.69 Å². The summed E-state index contributed by atoms with van der Waals surface area (Å²) in [5.41, 5.74) is 6.63. The molecule has 1 aliphatic carbocycles. The molecule has 0 saturated heterocycles. The highest BCUT2D eigenvalue weighted by Crippen LogP contribution is 2.38. The van der Waals surface area contributed by atoms with Crippen molar-refractivity contribution in [1.82, 2.24) is 5.32 Å². The Bertz CT molecular complexity index is 566. The third-order valence-corrected chi connectivity index (χ3v) is 4.76. The largest absolute Gasteiger partial charge is 0.484 e. The molecule has 1 aromatic rings. The van der Waals surface area contributed by atoms with Gasteiger partial charge in [-0.25, -0.2) is 0 Å². The average molecular weight is 347 g/mol. The third kappa shape index (κ3) is 6.05. The minimum Gasteiger partial charge on any atom is -0.484 e. The number of rotatable bonds is 8. The Morgan fingerprint density at radius 3 is 2.40 bits per heavy atom. The molecule has 0 spiro atoms. The summed E-state index contributed by atoms with van der Waals surface area (Å²) < 4.78 is 5.39. The monoisotopic (exact) mass is 347 g/mol. The fourth-order valence-corrected chi connectivity index (χ4v) is 3.33. The maximum atomic E-state index is 12.4. The van der Waals surface area contributed by atoms with Crippen molar-refractivity contribution < 1.29 is 14.3 Å². The number of likely N-dealkylation sites (N-methyl/N-ethyl adjacent to an activating group) is 1. The molecule has 0 heterocycles. The molecule has 6 heteroatoms. The Morgan fingerprint density at radius 1 is 1.12 bits per heavy atom. The van der Waals surface area contributed by atoms with E-state index in [1.807, 2.05) is 6.92 Å². The molecule has 0 radical (unpaired) electrons. The van der Waals surface area contributed by atoms with E-state index in [0.717, 1.165) is 31.4 Å². The van der Waals surface area contributed by atoms with Gasteiger partial charge in [0.15, 0.2) is 6.61 Å². The third-order valence-electron chi connectivity index (χ3n) is 4.76. The highest BCUT2D eigenvalue weighted by Gasteiger charge is 2.32. The Hall–Kier alpha value is -2.08. The normalized spacial score (nSPS) is 16.1. The zero-order valence-electron chi connectivity index (χ0n) is 15.0. The van der Waals surface area contributed by atoms with Gasteiger partial charge < -0.3 is 21.1 Å². The molecule has 6 nitrogen and oxygen atoms in total. The summed E-state index contributed by atoms with van der Waals surface area (Å²) in [6.07, 6.45) is 6.08. The molecule has 0 unspecified atom stereocenters. The van der Waals surface area contributed by atoms with E-state index in [9.17, 15) is 9.59 Å². The molecule has 0 bridgehead atoms. The molecule has 0 atom stereocenters. The van der Waals surface area contributed by atoms with Crippen LogP contribution in [-0.4, -0.2) is 31.5 Å². The lowest BCUT2D eigenvalue weighted by Crippen LogP contribution is -2.36. The number of hydrogen-bond donors (Lipinski definition) is 3. The van der Waals surface area contributed by atoms with Gasteiger partial charge in [-0.1, -0.05) is 19.3 Å². The standard InChI is InChI=1S/C19H29N3O3/c1-2-21-18(24)13-25-16-8-6-15(7-9-16)22-17(23)12-19(14-20)10-4-3-5-11-19/h6-9H,2-5,10-14,20H2,1H3,(H,21,24)(H,22,23). The fourth-order valence-electron chi connectivity index (χ4n) is 3.33. The van der Waals surface area contributed by atoms with Gasteiger partial charge in [0.25, 0.3) is 5.91 Å². The molecule has 138 valence electrons. The van der Waals surface area contributed by atoms with Gasteiger partial charge in [0.05, 0.1) is 0 Å². The second kappa shape index (κ2) is 9.42. The lowest BCUT2D eigenvalue weighted by molar-refractivity contribution is -0.123. The van der Waals surface area contributed by atoms with Crippen molar-refractivity contribution in [3.63, 3.8) is 0 Å². The average Bonchev–Trinajstić information content (AvgIpc) is 2.62. The maximum Gasteiger partial charge on any atom is 0.257 e. The molecular weight excluding hydrogens is 318 g/mol. The minimum absolute atomic E-state index is 0.00309. The second-order valence-corrected chi connectivity index (χ2v) is 6.76. The van der Waals surface area contributed by atoms with Gasteiger partial charge in [0, 0.05) is 18.7 Å². The van der Waals surface area contributed by atoms with E-state index in [4.69, 9.17) is 10.5 Å². The van der Waals surface area contributed by atoms with E-state index in [-0.39, 0.29) is 23.8 Å². The topological polar surface area (TPSA) is 93.5 Å². The molecule has 25 heavy (non-hydrogen) atoms. The van der Waals surface area contributed by atoms with E-state index >= 15 is 0 Å². The zero-order chi connectivity index (χ0) is 18.1. The number of carbonyl (C=O) groups is 2. The minimum atomic E-state index is -0.153. The van der Waals surface area contributed by atoms with Crippen molar-refractivity contribution in [3.05, 3.63) is 24.3 Å². The summed E-state index contributed by atoms with van der Waals surface area (Å²) in [5.74, 6) is 0.442. The molecule has 2 amide bonds. The van der Waals surface area contributed by atoms with Crippen LogP contribution in [0.3, 0.4) is 0 Å². The molecule has 0 aromatic heterocycles. The van der Waals surface area contributed by atoms with Crippen LogP contribution in [0.2, 0.25) is 0 Å². The molecule has 0 aliphatic heterocycles. The number of ether oxygens (including phenoxy) is 1. The Morgan fingerprint density at radius 2 is 1.80 bits per heavy atom. The van der Waals surface area contributed by atoms with Crippen LogP contribution in [0.25, 0.3) is 0 Å². The van der Waals surface area contributed by atoms with Gasteiger partial charge in [-0.2, -0.15) is 0 Å². The van der Waals surface area contributed by atoms with E-state index in [1.54, 1.807) is 24.3 Å². The first-order valence-electron chi connectivity index (χ1n) is 9.06. The van der Waals surface area contributed by atoms with Gasteiger partial charge in [-0.3, -0.25) is 9.59 Å². The summed E-state index contributed by atoms with van der Waals surface area (Å²) in [6.45, 7) is 2.99. The molecular formula is C19H29N3O3. The number of benzene rings is 1. The number of carbonyl (C=O) groups excluding carboxylic acids is 2. The van der Waals surface area contributed by atoms with Crippen LogP contribution in [0.5, 0.6) is 5.75 Å². The summed E-state index contributed by atoms with van der Waals surface area (Å²) in [4.78, 5) is 23.7. The van der Waals surface area contributed by atoms with Gasteiger partial charge in [-0.05, 0) is 56.0 Å². The van der Waals surface area contributed by atoms with Crippen LogP contribution >= 0.6 is 0 Å². The second-order valence-electron chi connectivity index (χ2n) is 6.76. The van der Waals surface area contributed by atoms with Crippen molar-refractivity contribution in [2.75, 3.05) is 25.0 Å². The Balaban J connectivity index is 1.83. The van der Waals surface area contributed by atoms with Crippen molar-refractivity contribution in [3.8, 4) is 5.75 Å². The highest BCUT2D eigenvalue weighted by atomic mass is 16.5. The predicted molar refractivity (Wildman–Crippen MR) is 98.4 cm³/mol. The summed E-state index contributed by atoms with van der Waals surface area (Å²) in [7, 11) is 0. The lowest BCUT2D eigenvalue weighted by Gasteiger charge is -2.35. The highest BCUT2D eigenvalue weighted by molar-refractivity contribution is 5.91.